The molecule has 29 heavy (non-hydrogen) atoms. The number of ether oxygens (including phenoxy) is 1. The van der Waals surface area contributed by atoms with Gasteiger partial charge in [-0.1, -0.05) is 12.3 Å². The van der Waals surface area contributed by atoms with Crippen molar-refractivity contribution in [1.82, 2.24) is 19.5 Å². The Kier molecular flexibility index (Phi) is 6.60. The zero-order valence-corrected chi connectivity index (χ0v) is 15.6. The first-order valence-corrected chi connectivity index (χ1v) is 9.25. The Balaban J connectivity index is 1.74. The number of aromatic nitrogens is 4. The van der Waals surface area contributed by atoms with Gasteiger partial charge in [-0.25, -0.2) is 15.0 Å². The molecule has 3 heterocycles. The van der Waals surface area contributed by atoms with Crippen molar-refractivity contribution in [2.45, 2.75) is 56.6 Å². The van der Waals surface area contributed by atoms with Crippen molar-refractivity contribution in [2.24, 2.45) is 0 Å². The number of carboxylic acid groups (broad SMARTS) is 1. The topological polar surface area (TPSA) is 177 Å². The molecule has 156 valence electrons. The average molecular weight is 405 g/mol. The summed E-state index contributed by atoms with van der Waals surface area (Å²) in [5.41, 5.74) is 6.54. The van der Waals surface area contributed by atoms with Gasteiger partial charge in [0.05, 0.1) is 12.9 Å². The first kappa shape index (κ1) is 20.9. The maximum absolute atomic E-state index is 10.5. The molecule has 11 nitrogen and oxygen atoms in total. The Morgan fingerprint density at radius 2 is 2.03 bits per heavy atom. The minimum Gasteiger partial charge on any atom is -0.481 e. The number of unbranched alkanes of at least 4 members (excludes halogenated alkanes) is 3. The van der Waals surface area contributed by atoms with E-state index in [-0.39, 0.29) is 23.7 Å². The highest BCUT2D eigenvalue weighted by Crippen LogP contribution is 2.31. The van der Waals surface area contributed by atoms with Crippen molar-refractivity contribution in [3.8, 4) is 11.8 Å². The number of carboxylic acids is 1. The number of imidazole rings is 1. The molecule has 3 rings (SSSR count). The van der Waals surface area contributed by atoms with Crippen LogP contribution in [0, 0.1) is 11.8 Å². The third-order valence-electron chi connectivity index (χ3n) is 4.63. The Labute approximate surface area is 166 Å². The fourth-order valence-electron chi connectivity index (χ4n) is 3.10. The van der Waals surface area contributed by atoms with E-state index in [1.807, 2.05) is 0 Å². The van der Waals surface area contributed by atoms with Crippen LogP contribution >= 0.6 is 0 Å². The Morgan fingerprint density at radius 3 is 2.72 bits per heavy atom. The van der Waals surface area contributed by atoms with Gasteiger partial charge in [-0.15, -0.1) is 0 Å². The third kappa shape index (κ3) is 4.63. The van der Waals surface area contributed by atoms with Crippen LogP contribution in [0.1, 0.15) is 44.2 Å². The number of hydrogen-bond acceptors (Lipinski definition) is 9. The number of carbonyl (C=O) groups is 1. The summed E-state index contributed by atoms with van der Waals surface area (Å²) in [6.07, 6.45) is -0.221. The zero-order valence-electron chi connectivity index (χ0n) is 15.6. The Bertz CT molecular complexity index is 936. The molecule has 6 N–H and O–H groups in total. The summed E-state index contributed by atoms with van der Waals surface area (Å²) >= 11 is 0. The Morgan fingerprint density at radius 1 is 1.24 bits per heavy atom. The highest BCUT2D eigenvalue weighted by atomic mass is 16.6. The number of aliphatic hydroxyl groups excluding tert-OH is 3. The van der Waals surface area contributed by atoms with E-state index < -0.39 is 37.1 Å². The molecule has 1 aliphatic heterocycles. The second-order valence-corrected chi connectivity index (χ2v) is 6.74. The van der Waals surface area contributed by atoms with Crippen LogP contribution < -0.4 is 5.73 Å². The number of nitrogens with two attached hydrogens (primary N) is 1. The number of anilines is 1. The fourth-order valence-corrected chi connectivity index (χ4v) is 3.10. The summed E-state index contributed by atoms with van der Waals surface area (Å²) in [7, 11) is 0. The van der Waals surface area contributed by atoms with Crippen LogP contribution in [0.2, 0.25) is 0 Å². The molecule has 1 aliphatic rings. The highest BCUT2D eigenvalue weighted by Gasteiger charge is 2.44. The Hall–Kier alpha value is -2.78. The summed E-state index contributed by atoms with van der Waals surface area (Å²) in [5.74, 6) is 5.24. The van der Waals surface area contributed by atoms with Gasteiger partial charge >= 0.3 is 5.97 Å². The molecular weight excluding hydrogens is 382 g/mol. The molecule has 0 amide bonds. The normalized spacial score (nSPS) is 23.8. The van der Waals surface area contributed by atoms with Gasteiger partial charge in [-0.3, -0.25) is 9.36 Å². The number of hydrogen-bond donors (Lipinski definition) is 5. The van der Waals surface area contributed by atoms with Crippen LogP contribution in [0.25, 0.3) is 11.2 Å². The van der Waals surface area contributed by atoms with Gasteiger partial charge in [0, 0.05) is 12.8 Å². The molecule has 0 aliphatic carbocycles. The molecule has 2 unspecified atom stereocenters. The van der Waals surface area contributed by atoms with E-state index >= 15 is 0 Å². The summed E-state index contributed by atoms with van der Waals surface area (Å²) < 4.78 is 6.94. The third-order valence-corrected chi connectivity index (χ3v) is 4.63. The lowest BCUT2D eigenvalue weighted by Gasteiger charge is -2.16. The van der Waals surface area contributed by atoms with Crippen LogP contribution in [0.4, 0.5) is 5.82 Å². The largest absolute Gasteiger partial charge is 0.481 e. The van der Waals surface area contributed by atoms with Gasteiger partial charge in [0.25, 0.3) is 0 Å². The van der Waals surface area contributed by atoms with Gasteiger partial charge in [0.1, 0.15) is 23.8 Å². The maximum Gasteiger partial charge on any atom is 0.303 e. The molecule has 2 aromatic heterocycles. The van der Waals surface area contributed by atoms with E-state index in [1.54, 1.807) is 0 Å². The van der Waals surface area contributed by atoms with E-state index in [2.05, 4.69) is 26.8 Å². The van der Waals surface area contributed by atoms with Crippen molar-refractivity contribution < 1.29 is 30.0 Å². The van der Waals surface area contributed by atoms with Crippen LogP contribution in [-0.2, 0) is 9.53 Å². The van der Waals surface area contributed by atoms with Crippen LogP contribution in [0.3, 0.4) is 0 Å². The minimum atomic E-state index is -1.28. The standard InChI is InChI=1S/C18H23N5O6/c19-16-13-17(22-11(21-16)6-4-2-1-3-5-7-12(25)26)23(9-20-13)18-15(28)14(27)10(8-24)29-18/h9-10,14-15,18,24,27-28H,1-3,5,7-8H2,(H,25,26)(H2,19,21,22)/t10-,14?,15?,18-/m1/s1. The van der Waals surface area contributed by atoms with Crippen LogP contribution in [0.15, 0.2) is 6.33 Å². The smallest absolute Gasteiger partial charge is 0.303 e. The second kappa shape index (κ2) is 9.15. The van der Waals surface area contributed by atoms with Gasteiger partial charge in [0.2, 0.25) is 5.82 Å². The number of nitrogen functional groups attached to an aromatic ring is 1. The summed E-state index contributed by atoms with van der Waals surface area (Å²) in [5, 5.41) is 38.1. The zero-order chi connectivity index (χ0) is 21.0. The van der Waals surface area contributed by atoms with Crippen molar-refractivity contribution in [3.63, 3.8) is 0 Å². The van der Waals surface area contributed by atoms with Gasteiger partial charge in [-0.2, -0.15) is 0 Å². The van der Waals surface area contributed by atoms with Crippen molar-refractivity contribution >= 4 is 23.0 Å². The quantitative estimate of drug-likeness (QED) is 0.295. The summed E-state index contributed by atoms with van der Waals surface area (Å²) in [4.78, 5) is 23.1. The van der Waals surface area contributed by atoms with E-state index in [0.29, 0.717) is 18.4 Å². The molecule has 0 saturated carbocycles. The molecule has 11 heteroatoms. The molecule has 0 aromatic carbocycles. The minimum absolute atomic E-state index is 0.117. The molecule has 1 fully saturated rings. The molecule has 0 bridgehead atoms. The van der Waals surface area contributed by atoms with Gasteiger partial charge in [0.15, 0.2) is 17.7 Å². The molecular formula is C18H23N5O6. The molecule has 4 atom stereocenters. The molecule has 0 radical (unpaired) electrons. The average Bonchev–Trinajstić information content (AvgIpc) is 3.22. The number of rotatable bonds is 7. The fraction of sp³-hybridized carbons (Fsp3) is 0.556. The van der Waals surface area contributed by atoms with Crippen molar-refractivity contribution in [3.05, 3.63) is 12.2 Å². The van der Waals surface area contributed by atoms with Gasteiger partial charge < -0.3 is 30.9 Å². The monoisotopic (exact) mass is 405 g/mol. The van der Waals surface area contributed by atoms with Crippen LogP contribution in [0.5, 0.6) is 0 Å². The van der Waals surface area contributed by atoms with Crippen molar-refractivity contribution in [2.75, 3.05) is 12.3 Å². The number of nitrogens with zero attached hydrogens (tertiary/aromatic N) is 4. The lowest BCUT2D eigenvalue weighted by molar-refractivity contribution is -0.137. The SMILES string of the molecule is Nc1nc(C#CCCCCCC(=O)O)nc2c1ncn2[C@@H]1O[C@H](CO)C(O)C1O. The second-order valence-electron chi connectivity index (χ2n) is 6.74. The lowest BCUT2D eigenvalue weighted by atomic mass is 10.1. The van der Waals surface area contributed by atoms with E-state index in [1.165, 1.54) is 10.9 Å². The van der Waals surface area contributed by atoms with Crippen molar-refractivity contribution in [1.29, 1.82) is 0 Å². The molecule has 0 spiro atoms. The first-order valence-electron chi connectivity index (χ1n) is 9.25. The van der Waals surface area contributed by atoms with Crippen LogP contribution in [-0.4, -0.2) is 70.8 Å². The predicted octanol–water partition coefficient (Wildman–Crippen LogP) is -0.593. The first-order chi connectivity index (χ1) is 13.9. The maximum atomic E-state index is 10.5. The number of aliphatic carboxylic acids is 1. The van der Waals surface area contributed by atoms with E-state index in [4.69, 9.17) is 15.6 Å². The van der Waals surface area contributed by atoms with E-state index in [9.17, 15) is 20.1 Å². The predicted molar refractivity (Wildman–Crippen MR) is 100 cm³/mol. The van der Waals surface area contributed by atoms with Gasteiger partial charge in [-0.05, 0) is 18.8 Å². The summed E-state index contributed by atoms with van der Waals surface area (Å²) in [6.45, 7) is -0.443. The number of aliphatic hydroxyl groups is 3. The summed E-state index contributed by atoms with van der Waals surface area (Å²) in [6, 6.07) is 0. The molecule has 2 aromatic rings. The van der Waals surface area contributed by atoms with E-state index in [0.717, 1.165) is 12.8 Å². The molecule has 1 saturated heterocycles. The highest BCUT2D eigenvalue weighted by molar-refractivity contribution is 5.82. The number of fused-ring (bicyclic) bond motifs is 1. The lowest BCUT2D eigenvalue weighted by Crippen LogP contribution is -2.33.